The van der Waals surface area contributed by atoms with Gasteiger partial charge in [-0.1, -0.05) is 12.1 Å². The maximum atomic E-state index is 12.8. The van der Waals surface area contributed by atoms with Crippen LogP contribution in [0.15, 0.2) is 64.4 Å². The number of para-hydroxylation sites is 1. The van der Waals surface area contributed by atoms with Gasteiger partial charge in [0, 0.05) is 28.3 Å². The molecule has 0 aliphatic rings. The van der Waals surface area contributed by atoms with Gasteiger partial charge in [0.05, 0.1) is 17.4 Å². The van der Waals surface area contributed by atoms with Crippen LogP contribution in [-0.2, 0) is 5.75 Å². The largest absolute Gasteiger partial charge is 0.321 e. The number of fused-ring (bicyclic) bond motifs is 1. The number of rotatable bonds is 6. The fourth-order valence-electron chi connectivity index (χ4n) is 2.87. The highest BCUT2D eigenvalue weighted by molar-refractivity contribution is 7.98. The number of thiophene rings is 1. The summed E-state index contributed by atoms with van der Waals surface area (Å²) in [6.45, 7) is 4.11. The van der Waals surface area contributed by atoms with Crippen LogP contribution in [0, 0.1) is 0 Å². The molecule has 4 rings (SSSR count). The minimum Gasteiger partial charge on any atom is -0.321 e. The number of hydrogen-bond acceptors (Lipinski definition) is 5. The Morgan fingerprint density at radius 1 is 1.25 bits per heavy atom. The number of amides is 1. The van der Waals surface area contributed by atoms with Crippen LogP contribution in [0.3, 0.4) is 0 Å². The topological polar surface area (TPSA) is 59.8 Å². The van der Waals surface area contributed by atoms with Crippen molar-refractivity contribution in [1.29, 1.82) is 0 Å². The molecule has 28 heavy (non-hydrogen) atoms. The van der Waals surface area contributed by atoms with Crippen molar-refractivity contribution in [3.8, 4) is 0 Å². The van der Waals surface area contributed by atoms with Gasteiger partial charge in [-0.05, 0) is 54.4 Å². The van der Waals surface area contributed by atoms with Gasteiger partial charge >= 0.3 is 0 Å². The predicted octanol–water partition coefficient (Wildman–Crippen LogP) is 5.62. The molecule has 3 heterocycles. The molecule has 1 N–H and O–H groups in total. The molecule has 1 aromatic carbocycles. The highest BCUT2D eigenvalue weighted by Gasteiger charge is 2.13. The lowest BCUT2D eigenvalue weighted by molar-refractivity contribution is 0.102. The van der Waals surface area contributed by atoms with Crippen molar-refractivity contribution in [2.45, 2.75) is 30.5 Å². The summed E-state index contributed by atoms with van der Waals surface area (Å²) in [6, 6.07) is 12.0. The molecule has 0 aliphatic heterocycles. The van der Waals surface area contributed by atoms with E-state index in [1.807, 2.05) is 35.0 Å². The third-order valence-corrected chi connectivity index (χ3v) is 6.17. The molecule has 7 heteroatoms. The van der Waals surface area contributed by atoms with Crippen molar-refractivity contribution in [2.24, 2.45) is 0 Å². The Kier molecular flexibility index (Phi) is 5.45. The quantitative estimate of drug-likeness (QED) is 0.421. The van der Waals surface area contributed by atoms with E-state index in [0.717, 1.165) is 27.4 Å². The summed E-state index contributed by atoms with van der Waals surface area (Å²) in [5, 5.41) is 12.5. The van der Waals surface area contributed by atoms with Gasteiger partial charge in [0.2, 0.25) is 0 Å². The normalized spacial score (nSPS) is 11.2. The van der Waals surface area contributed by atoms with Crippen molar-refractivity contribution >= 4 is 45.7 Å². The van der Waals surface area contributed by atoms with Crippen molar-refractivity contribution in [2.75, 3.05) is 5.32 Å². The van der Waals surface area contributed by atoms with Gasteiger partial charge in [-0.3, -0.25) is 4.79 Å². The van der Waals surface area contributed by atoms with Gasteiger partial charge in [-0.15, -0.1) is 11.8 Å². The average molecular weight is 409 g/mol. The summed E-state index contributed by atoms with van der Waals surface area (Å²) < 4.78 is 1.85. The number of hydrogen-bond donors (Lipinski definition) is 1. The Bertz CT molecular complexity index is 1100. The SMILES string of the molecule is CC(C)n1ncc2cc(C(=O)Nc3ccccc3SCc3ccsc3)cnc21. The van der Waals surface area contributed by atoms with Gasteiger partial charge in [-0.25, -0.2) is 9.67 Å². The lowest BCUT2D eigenvalue weighted by atomic mass is 10.2. The van der Waals surface area contributed by atoms with Crippen LogP contribution >= 0.6 is 23.1 Å². The zero-order valence-corrected chi connectivity index (χ0v) is 17.3. The molecule has 0 spiro atoms. The molecule has 142 valence electrons. The Hall–Kier alpha value is -2.64. The molecule has 0 atom stereocenters. The highest BCUT2D eigenvalue weighted by Crippen LogP contribution is 2.30. The Morgan fingerprint density at radius 3 is 2.89 bits per heavy atom. The first-order chi connectivity index (χ1) is 13.6. The second-order valence-electron chi connectivity index (χ2n) is 6.69. The second kappa shape index (κ2) is 8.16. The molecule has 0 fully saturated rings. The minimum atomic E-state index is -0.171. The number of carbonyl (C=O) groups excluding carboxylic acids is 1. The Balaban J connectivity index is 1.53. The molecular weight excluding hydrogens is 388 g/mol. The van der Waals surface area contributed by atoms with E-state index in [0.29, 0.717) is 5.56 Å². The van der Waals surface area contributed by atoms with Crippen LogP contribution in [0.1, 0.15) is 35.8 Å². The first-order valence-electron chi connectivity index (χ1n) is 8.99. The molecule has 0 aliphatic carbocycles. The van der Waals surface area contributed by atoms with Crippen molar-refractivity contribution < 1.29 is 4.79 Å². The summed E-state index contributed by atoms with van der Waals surface area (Å²) in [6.07, 6.45) is 3.36. The van der Waals surface area contributed by atoms with Crippen LogP contribution in [0.4, 0.5) is 5.69 Å². The van der Waals surface area contributed by atoms with Gasteiger partial charge < -0.3 is 5.32 Å². The fraction of sp³-hybridized carbons (Fsp3) is 0.190. The number of nitrogens with zero attached hydrogens (tertiary/aromatic N) is 3. The van der Waals surface area contributed by atoms with E-state index in [9.17, 15) is 4.79 Å². The first-order valence-corrected chi connectivity index (χ1v) is 10.9. The number of carbonyl (C=O) groups is 1. The Labute approximate surface area is 171 Å². The third kappa shape index (κ3) is 3.95. The second-order valence-corrected chi connectivity index (χ2v) is 8.49. The maximum absolute atomic E-state index is 12.8. The minimum absolute atomic E-state index is 0.171. The van der Waals surface area contributed by atoms with Crippen LogP contribution < -0.4 is 5.32 Å². The van der Waals surface area contributed by atoms with Crippen molar-refractivity contribution in [3.63, 3.8) is 0 Å². The monoisotopic (exact) mass is 408 g/mol. The standard InChI is InChI=1S/C21H20N4OS2/c1-14(2)25-20-16(11-23-25)9-17(10-22-20)21(26)24-18-5-3-4-6-19(18)28-13-15-7-8-27-12-15/h3-12,14H,13H2,1-2H3,(H,24,26). The van der Waals surface area contributed by atoms with Crippen LogP contribution in [0.5, 0.6) is 0 Å². The first kappa shape index (κ1) is 18.7. The van der Waals surface area contributed by atoms with Crippen LogP contribution in [0.25, 0.3) is 11.0 Å². The molecule has 3 aromatic heterocycles. The number of aromatic nitrogens is 3. The summed E-state index contributed by atoms with van der Waals surface area (Å²) in [7, 11) is 0. The highest BCUT2D eigenvalue weighted by atomic mass is 32.2. The number of thioether (sulfide) groups is 1. The molecule has 0 bridgehead atoms. The zero-order valence-electron chi connectivity index (χ0n) is 15.6. The molecule has 0 unspecified atom stereocenters. The van der Waals surface area contributed by atoms with Crippen molar-refractivity contribution in [1.82, 2.24) is 14.8 Å². The fourth-order valence-corrected chi connectivity index (χ4v) is 4.59. The van der Waals surface area contributed by atoms with Gasteiger partial charge in [0.25, 0.3) is 5.91 Å². The molecular formula is C21H20N4OS2. The van der Waals surface area contributed by atoms with Crippen molar-refractivity contribution in [3.05, 3.63) is 70.7 Å². The average Bonchev–Trinajstić information content (AvgIpc) is 3.36. The van der Waals surface area contributed by atoms with Gasteiger partial charge in [0.15, 0.2) is 5.65 Å². The summed E-state index contributed by atoms with van der Waals surface area (Å²) in [5.74, 6) is 0.702. The summed E-state index contributed by atoms with van der Waals surface area (Å²) in [4.78, 5) is 18.3. The molecule has 0 saturated heterocycles. The van der Waals surface area contributed by atoms with E-state index in [1.54, 1.807) is 35.5 Å². The van der Waals surface area contributed by atoms with E-state index in [4.69, 9.17) is 0 Å². The lowest BCUT2D eigenvalue weighted by Gasteiger charge is -2.11. The smallest absolute Gasteiger partial charge is 0.257 e. The Morgan fingerprint density at radius 2 is 2.11 bits per heavy atom. The number of anilines is 1. The number of pyridine rings is 1. The molecule has 0 saturated carbocycles. The van der Waals surface area contributed by atoms with E-state index in [2.05, 4.69) is 46.1 Å². The molecule has 0 radical (unpaired) electrons. The lowest BCUT2D eigenvalue weighted by Crippen LogP contribution is -2.13. The molecule has 5 nitrogen and oxygen atoms in total. The summed E-state index contributed by atoms with van der Waals surface area (Å²) >= 11 is 3.41. The molecule has 4 aromatic rings. The van der Waals surface area contributed by atoms with E-state index >= 15 is 0 Å². The van der Waals surface area contributed by atoms with E-state index in [-0.39, 0.29) is 11.9 Å². The van der Waals surface area contributed by atoms with E-state index in [1.165, 1.54) is 5.56 Å². The number of nitrogens with one attached hydrogen (secondary N) is 1. The number of benzene rings is 1. The zero-order chi connectivity index (χ0) is 19.5. The molecule has 1 amide bonds. The maximum Gasteiger partial charge on any atom is 0.257 e. The summed E-state index contributed by atoms with van der Waals surface area (Å²) in [5.41, 5.74) is 3.41. The van der Waals surface area contributed by atoms with Gasteiger partial charge in [-0.2, -0.15) is 16.4 Å². The van der Waals surface area contributed by atoms with Gasteiger partial charge in [0.1, 0.15) is 0 Å². The van der Waals surface area contributed by atoms with E-state index < -0.39 is 0 Å². The predicted molar refractivity (Wildman–Crippen MR) is 116 cm³/mol. The third-order valence-electron chi connectivity index (χ3n) is 4.29. The van der Waals surface area contributed by atoms with Crippen LogP contribution in [0.2, 0.25) is 0 Å². The van der Waals surface area contributed by atoms with Crippen LogP contribution in [-0.4, -0.2) is 20.7 Å².